The Hall–Kier alpha value is -3.46. The van der Waals surface area contributed by atoms with Crippen LogP contribution in [0.15, 0.2) is 66.7 Å². The third-order valence-electron chi connectivity index (χ3n) is 7.52. The maximum absolute atomic E-state index is 5.61. The first-order valence-corrected chi connectivity index (χ1v) is 12.3. The van der Waals surface area contributed by atoms with Gasteiger partial charge in [-0.15, -0.1) is 0 Å². The van der Waals surface area contributed by atoms with Gasteiger partial charge in [-0.25, -0.2) is 0 Å². The minimum atomic E-state index is 0.125. The largest absolute Gasteiger partial charge is 0.496 e. The van der Waals surface area contributed by atoms with Gasteiger partial charge < -0.3 is 13.9 Å². The molecule has 3 aromatic carbocycles. The number of rotatable bonds is 6. The van der Waals surface area contributed by atoms with E-state index in [-0.39, 0.29) is 5.92 Å². The zero-order valence-electron chi connectivity index (χ0n) is 21.1. The Morgan fingerprint density at radius 1 is 0.706 bits per heavy atom. The highest BCUT2D eigenvalue weighted by Gasteiger charge is 2.29. The molecule has 0 saturated heterocycles. The van der Waals surface area contributed by atoms with E-state index < -0.39 is 0 Å². The van der Waals surface area contributed by atoms with Crippen molar-refractivity contribution in [2.45, 2.75) is 53.6 Å². The Morgan fingerprint density at radius 2 is 1.21 bits per heavy atom. The summed E-state index contributed by atoms with van der Waals surface area (Å²) in [6.07, 6.45) is 0. The molecule has 5 aromatic rings. The van der Waals surface area contributed by atoms with E-state index in [0.717, 1.165) is 18.8 Å². The molecule has 0 spiro atoms. The summed E-state index contributed by atoms with van der Waals surface area (Å²) in [5, 5.41) is 2.68. The minimum absolute atomic E-state index is 0.125. The van der Waals surface area contributed by atoms with Gasteiger partial charge in [0, 0.05) is 52.2 Å². The molecule has 2 heterocycles. The SMILES string of the molecule is CCn1c(C)c(C(c2ccc(OC)c(C)c2)c2c(C)n(CC)c3ccccc23)c2ccccc21. The van der Waals surface area contributed by atoms with Crippen LogP contribution < -0.4 is 4.74 Å². The van der Waals surface area contributed by atoms with Crippen LogP contribution in [0.25, 0.3) is 21.8 Å². The molecule has 2 aromatic heterocycles. The van der Waals surface area contributed by atoms with Gasteiger partial charge in [0.1, 0.15) is 5.75 Å². The Kier molecular flexibility index (Phi) is 5.73. The van der Waals surface area contributed by atoms with Gasteiger partial charge in [0.05, 0.1) is 7.11 Å². The summed E-state index contributed by atoms with van der Waals surface area (Å²) >= 11 is 0. The molecule has 0 N–H and O–H groups in total. The molecule has 0 aliphatic heterocycles. The summed E-state index contributed by atoms with van der Waals surface area (Å²) in [5.41, 5.74) is 10.6. The minimum Gasteiger partial charge on any atom is -0.496 e. The van der Waals surface area contributed by atoms with Crippen LogP contribution in [0.1, 0.15) is 53.4 Å². The van der Waals surface area contributed by atoms with Crippen molar-refractivity contribution in [3.8, 4) is 5.75 Å². The third kappa shape index (κ3) is 3.26. The second-order valence-corrected chi connectivity index (χ2v) is 9.18. The fraction of sp³-hybridized carbons (Fsp3) is 0.290. The molecular weight excluding hydrogens is 416 g/mol. The maximum atomic E-state index is 5.61. The number of aromatic nitrogens is 2. The number of benzene rings is 3. The Balaban J connectivity index is 1.92. The van der Waals surface area contributed by atoms with Gasteiger partial charge in [-0.1, -0.05) is 48.5 Å². The van der Waals surface area contributed by atoms with Crippen LogP contribution in [-0.2, 0) is 13.1 Å². The molecule has 5 rings (SSSR count). The molecule has 0 fully saturated rings. The van der Waals surface area contributed by atoms with E-state index in [1.165, 1.54) is 55.4 Å². The Morgan fingerprint density at radius 3 is 1.65 bits per heavy atom. The number of methoxy groups -OCH3 is 1. The van der Waals surface area contributed by atoms with Gasteiger partial charge in [-0.3, -0.25) is 0 Å². The molecule has 0 aliphatic rings. The molecular formula is C31H34N2O. The standard InChI is InChI=1S/C31H34N2O/c1-7-32-21(4)29(24-13-9-11-15-26(24)32)31(23-17-18-28(34-6)20(3)19-23)30-22(5)33(8-2)27-16-12-10-14-25(27)30/h9-19,31H,7-8H2,1-6H3. The lowest BCUT2D eigenvalue weighted by Gasteiger charge is -2.22. The van der Waals surface area contributed by atoms with Crippen molar-refractivity contribution in [1.29, 1.82) is 0 Å². The van der Waals surface area contributed by atoms with Gasteiger partial charge in [0.25, 0.3) is 0 Å². The molecule has 0 aliphatic carbocycles. The number of hydrogen-bond donors (Lipinski definition) is 0. The van der Waals surface area contributed by atoms with Crippen LogP contribution in [0.3, 0.4) is 0 Å². The van der Waals surface area contributed by atoms with Crippen molar-refractivity contribution in [1.82, 2.24) is 9.13 Å². The molecule has 0 unspecified atom stereocenters. The quantitative estimate of drug-likeness (QED) is 0.259. The zero-order chi connectivity index (χ0) is 24.0. The van der Waals surface area contributed by atoms with E-state index in [2.05, 4.69) is 110 Å². The van der Waals surface area contributed by atoms with Crippen LogP contribution in [-0.4, -0.2) is 16.2 Å². The van der Waals surface area contributed by atoms with Crippen molar-refractivity contribution in [2.24, 2.45) is 0 Å². The van der Waals surface area contributed by atoms with Gasteiger partial charge in [-0.2, -0.15) is 0 Å². The lowest BCUT2D eigenvalue weighted by atomic mass is 9.81. The van der Waals surface area contributed by atoms with Crippen LogP contribution >= 0.6 is 0 Å². The van der Waals surface area contributed by atoms with E-state index in [4.69, 9.17) is 4.74 Å². The molecule has 0 saturated carbocycles. The summed E-state index contributed by atoms with van der Waals surface area (Å²) in [6.45, 7) is 13.1. The molecule has 0 amide bonds. The van der Waals surface area contributed by atoms with Crippen molar-refractivity contribution < 1.29 is 4.74 Å². The van der Waals surface area contributed by atoms with Crippen LogP contribution in [0.5, 0.6) is 5.75 Å². The number of nitrogens with zero attached hydrogens (tertiary/aromatic N) is 2. The highest BCUT2D eigenvalue weighted by Crippen LogP contribution is 2.45. The van der Waals surface area contributed by atoms with E-state index >= 15 is 0 Å². The second-order valence-electron chi connectivity index (χ2n) is 9.18. The summed E-state index contributed by atoms with van der Waals surface area (Å²) in [7, 11) is 1.75. The predicted octanol–water partition coefficient (Wildman–Crippen LogP) is 7.75. The van der Waals surface area contributed by atoms with E-state index in [1.54, 1.807) is 7.11 Å². The number of para-hydroxylation sites is 2. The zero-order valence-corrected chi connectivity index (χ0v) is 21.1. The summed E-state index contributed by atoms with van der Waals surface area (Å²) in [6, 6.07) is 24.4. The van der Waals surface area contributed by atoms with Gasteiger partial charge >= 0.3 is 0 Å². The van der Waals surface area contributed by atoms with Crippen molar-refractivity contribution >= 4 is 21.8 Å². The van der Waals surface area contributed by atoms with Crippen LogP contribution in [0.2, 0.25) is 0 Å². The molecule has 0 radical (unpaired) electrons. The molecule has 174 valence electrons. The first kappa shape index (κ1) is 22.3. The predicted molar refractivity (Wildman–Crippen MR) is 143 cm³/mol. The maximum Gasteiger partial charge on any atom is 0.121 e. The van der Waals surface area contributed by atoms with Crippen molar-refractivity contribution in [2.75, 3.05) is 7.11 Å². The van der Waals surface area contributed by atoms with Gasteiger partial charge in [0.2, 0.25) is 0 Å². The van der Waals surface area contributed by atoms with Crippen molar-refractivity contribution in [3.05, 3.63) is 100 Å². The Labute approximate surface area is 202 Å². The first-order chi connectivity index (χ1) is 16.5. The van der Waals surface area contributed by atoms with Crippen LogP contribution in [0.4, 0.5) is 0 Å². The Bertz CT molecular complexity index is 1410. The normalized spacial score (nSPS) is 11.7. The summed E-state index contributed by atoms with van der Waals surface area (Å²) in [4.78, 5) is 0. The average Bonchev–Trinajstić information content (AvgIpc) is 3.30. The summed E-state index contributed by atoms with van der Waals surface area (Å²) in [5.74, 6) is 1.06. The first-order valence-electron chi connectivity index (χ1n) is 12.3. The third-order valence-corrected chi connectivity index (χ3v) is 7.52. The van der Waals surface area contributed by atoms with E-state index in [9.17, 15) is 0 Å². The van der Waals surface area contributed by atoms with Gasteiger partial charge in [-0.05, 0) is 75.1 Å². The number of fused-ring (bicyclic) bond motifs is 2. The number of ether oxygens (including phenoxy) is 1. The topological polar surface area (TPSA) is 19.1 Å². The molecule has 0 bridgehead atoms. The molecule has 3 nitrogen and oxygen atoms in total. The van der Waals surface area contributed by atoms with Crippen LogP contribution in [0, 0.1) is 20.8 Å². The lowest BCUT2D eigenvalue weighted by molar-refractivity contribution is 0.411. The number of aryl methyl sites for hydroxylation is 3. The fourth-order valence-corrected chi connectivity index (χ4v) is 6.02. The molecule has 34 heavy (non-hydrogen) atoms. The second kappa shape index (κ2) is 8.72. The van der Waals surface area contributed by atoms with Crippen molar-refractivity contribution in [3.63, 3.8) is 0 Å². The summed E-state index contributed by atoms with van der Waals surface area (Å²) < 4.78 is 10.5. The number of hydrogen-bond acceptors (Lipinski definition) is 1. The fourth-order valence-electron chi connectivity index (χ4n) is 6.02. The molecule has 0 atom stereocenters. The smallest absolute Gasteiger partial charge is 0.121 e. The lowest BCUT2D eigenvalue weighted by Crippen LogP contribution is -2.09. The highest BCUT2D eigenvalue weighted by atomic mass is 16.5. The van der Waals surface area contributed by atoms with Gasteiger partial charge in [0.15, 0.2) is 0 Å². The average molecular weight is 451 g/mol. The molecule has 3 heteroatoms. The van der Waals surface area contributed by atoms with E-state index in [1.807, 2.05) is 0 Å². The van der Waals surface area contributed by atoms with E-state index in [0.29, 0.717) is 0 Å². The monoisotopic (exact) mass is 450 g/mol. The highest BCUT2D eigenvalue weighted by molar-refractivity contribution is 5.91.